The number of rotatable bonds is 1. The van der Waals surface area contributed by atoms with E-state index >= 15 is 0 Å². The molecule has 0 saturated heterocycles. The number of aliphatic hydroxyl groups excluding tert-OH is 1. The lowest BCUT2D eigenvalue weighted by Gasteiger charge is -2.21. The molecular weight excluding hydrogens is 376 g/mol. The van der Waals surface area contributed by atoms with Crippen molar-refractivity contribution in [1.29, 1.82) is 0 Å². The molecule has 8 nitrogen and oxygen atoms in total. The predicted molar refractivity (Wildman–Crippen MR) is 101 cm³/mol. The number of aryl methyl sites for hydroxylation is 1. The van der Waals surface area contributed by atoms with Crippen LogP contribution in [0.4, 0.5) is 0 Å². The number of aliphatic hydroxyl groups is 1. The van der Waals surface area contributed by atoms with Crippen LogP contribution in [0.1, 0.15) is 35.3 Å². The van der Waals surface area contributed by atoms with Gasteiger partial charge >= 0.3 is 5.97 Å². The molecule has 8 heteroatoms. The van der Waals surface area contributed by atoms with Crippen LogP contribution in [0.25, 0.3) is 22.3 Å². The van der Waals surface area contributed by atoms with Gasteiger partial charge < -0.3 is 23.9 Å². The summed E-state index contributed by atoms with van der Waals surface area (Å²) in [6.07, 6.45) is -0.699. The Morgan fingerprint density at radius 2 is 1.93 bits per heavy atom. The number of esters is 1. The Labute approximate surface area is 164 Å². The van der Waals surface area contributed by atoms with Crippen molar-refractivity contribution in [2.75, 3.05) is 6.79 Å². The molecule has 3 aliphatic rings. The molecule has 0 saturated carbocycles. The van der Waals surface area contributed by atoms with E-state index in [1.54, 1.807) is 10.6 Å². The number of hydrogen-bond acceptors (Lipinski definition) is 7. The zero-order valence-electron chi connectivity index (χ0n) is 15.5. The number of hydrogen-bond donors (Lipinski definition) is 1. The molecular formula is C21H16N2O6. The van der Waals surface area contributed by atoms with Gasteiger partial charge in [-0.05, 0) is 24.1 Å². The minimum absolute atomic E-state index is 0.127. The van der Waals surface area contributed by atoms with Gasteiger partial charge in [0.1, 0.15) is 6.61 Å². The van der Waals surface area contributed by atoms with E-state index in [4.69, 9.17) is 19.2 Å². The molecule has 3 aliphatic heterocycles. The van der Waals surface area contributed by atoms with Crippen molar-refractivity contribution in [3.05, 3.63) is 50.8 Å². The highest BCUT2D eigenvalue weighted by Gasteiger charge is 2.34. The number of nitrogens with zero attached hydrogens (tertiary/aromatic N) is 2. The molecule has 1 N–H and O–H groups in total. The number of benzene rings is 1. The van der Waals surface area contributed by atoms with Crippen LogP contribution in [-0.4, -0.2) is 27.4 Å². The maximum absolute atomic E-state index is 13.1. The SMILES string of the molecule is CCc1c2c(nc3cc4c(cc13)OCO4)-c1cc3c(c(=O)n1C2)COC(=O)C3O. The van der Waals surface area contributed by atoms with E-state index in [9.17, 15) is 14.7 Å². The summed E-state index contributed by atoms with van der Waals surface area (Å²) in [5.41, 5.74) is 4.47. The highest BCUT2D eigenvalue weighted by molar-refractivity contribution is 5.91. The lowest BCUT2D eigenvalue weighted by molar-refractivity contribution is -0.157. The number of cyclic esters (lactones) is 1. The van der Waals surface area contributed by atoms with Crippen LogP contribution in [-0.2, 0) is 29.1 Å². The Hall–Kier alpha value is -3.39. The van der Waals surface area contributed by atoms with Crippen molar-refractivity contribution in [3.63, 3.8) is 0 Å². The van der Waals surface area contributed by atoms with Crippen LogP contribution in [0.5, 0.6) is 11.5 Å². The first-order valence-corrected chi connectivity index (χ1v) is 9.43. The van der Waals surface area contributed by atoms with Crippen molar-refractivity contribution in [2.45, 2.75) is 32.6 Å². The predicted octanol–water partition coefficient (Wildman–Crippen LogP) is 1.81. The molecule has 1 unspecified atom stereocenters. The molecule has 0 amide bonds. The smallest absolute Gasteiger partial charge is 0.340 e. The highest BCUT2D eigenvalue weighted by atomic mass is 16.7. The second kappa shape index (κ2) is 5.57. The third kappa shape index (κ3) is 2.09. The topological polar surface area (TPSA) is 99.9 Å². The van der Waals surface area contributed by atoms with E-state index in [0.29, 0.717) is 40.6 Å². The number of fused-ring (bicyclic) bond motifs is 6. The molecule has 0 radical (unpaired) electrons. The van der Waals surface area contributed by atoms with Gasteiger partial charge in [-0.25, -0.2) is 9.78 Å². The summed E-state index contributed by atoms with van der Waals surface area (Å²) >= 11 is 0. The summed E-state index contributed by atoms with van der Waals surface area (Å²) in [7, 11) is 0. The lowest BCUT2D eigenvalue weighted by Crippen LogP contribution is -2.32. The standard InChI is InChI=1S/C21H16N2O6/c1-2-9-10-4-16-17(29-8-28-16)5-14(10)22-18-12(9)6-23-15(18)3-11-13(20(23)25)7-27-21(26)19(11)24/h3-5,19,24H,2,6-8H2,1H3. The van der Waals surface area contributed by atoms with Crippen LogP contribution in [0, 0.1) is 0 Å². The first-order chi connectivity index (χ1) is 14.1. The van der Waals surface area contributed by atoms with Crippen molar-refractivity contribution in [1.82, 2.24) is 9.55 Å². The zero-order valence-corrected chi connectivity index (χ0v) is 15.5. The van der Waals surface area contributed by atoms with E-state index in [2.05, 4.69) is 6.92 Å². The van der Waals surface area contributed by atoms with Gasteiger partial charge in [-0.2, -0.15) is 0 Å². The van der Waals surface area contributed by atoms with Gasteiger partial charge in [0.15, 0.2) is 17.6 Å². The fraction of sp³-hybridized carbons (Fsp3) is 0.286. The molecule has 0 fully saturated rings. The second-order valence-electron chi connectivity index (χ2n) is 7.36. The van der Waals surface area contributed by atoms with E-state index < -0.39 is 12.1 Å². The van der Waals surface area contributed by atoms with Gasteiger partial charge in [0, 0.05) is 22.6 Å². The van der Waals surface area contributed by atoms with Crippen LogP contribution in [0.3, 0.4) is 0 Å². The Kier molecular flexibility index (Phi) is 3.18. The van der Waals surface area contributed by atoms with Gasteiger partial charge in [-0.3, -0.25) is 4.79 Å². The van der Waals surface area contributed by atoms with Crippen molar-refractivity contribution in [3.8, 4) is 22.9 Å². The van der Waals surface area contributed by atoms with Crippen LogP contribution < -0.4 is 15.0 Å². The molecule has 5 heterocycles. The summed E-state index contributed by atoms with van der Waals surface area (Å²) in [6, 6.07) is 5.48. The first-order valence-electron chi connectivity index (χ1n) is 9.43. The van der Waals surface area contributed by atoms with Crippen LogP contribution >= 0.6 is 0 Å². The number of carbonyl (C=O) groups is 1. The quantitative estimate of drug-likeness (QED) is 0.493. The molecule has 0 aliphatic carbocycles. The van der Waals surface area contributed by atoms with Gasteiger partial charge in [0.25, 0.3) is 5.56 Å². The average Bonchev–Trinajstić information content (AvgIpc) is 3.32. The maximum atomic E-state index is 13.1. The molecule has 2 aromatic heterocycles. The van der Waals surface area contributed by atoms with Gasteiger partial charge in [0.2, 0.25) is 6.79 Å². The van der Waals surface area contributed by atoms with Gasteiger partial charge in [-0.15, -0.1) is 0 Å². The number of ether oxygens (including phenoxy) is 3. The minimum Gasteiger partial charge on any atom is -0.458 e. The van der Waals surface area contributed by atoms with Crippen LogP contribution in [0.15, 0.2) is 23.0 Å². The van der Waals surface area contributed by atoms with Crippen molar-refractivity contribution >= 4 is 16.9 Å². The lowest BCUT2D eigenvalue weighted by atomic mass is 9.97. The molecule has 29 heavy (non-hydrogen) atoms. The molecule has 6 rings (SSSR count). The minimum atomic E-state index is -1.46. The molecule has 1 atom stereocenters. The summed E-state index contributed by atoms with van der Waals surface area (Å²) < 4.78 is 17.6. The Morgan fingerprint density at radius 1 is 1.14 bits per heavy atom. The van der Waals surface area contributed by atoms with E-state index in [1.807, 2.05) is 12.1 Å². The fourth-order valence-corrected chi connectivity index (χ4v) is 4.50. The molecule has 146 valence electrons. The number of pyridine rings is 2. The number of carbonyl (C=O) groups excluding carboxylic acids is 1. The van der Waals surface area contributed by atoms with Crippen LogP contribution in [0.2, 0.25) is 0 Å². The normalized spacial score (nSPS) is 18.4. The van der Waals surface area contributed by atoms with E-state index in [-0.39, 0.29) is 19.0 Å². The summed E-state index contributed by atoms with van der Waals surface area (Å²) in [5, 5.41) is 11.2. The van der Waals surface area contributed by atoms with Gasteiger partial charge in [0.05, 0.1) is 29.0 Å². The van der Waals surface area contributed by atoms with Crippen molar-refractivity contribution in [2.24, 2.45) is 0 Å². The first kappa shape index (κ1) is 16.6. The van der Waals surface area contributed by atoms with Gasteiger partial charge in [-0.1, -0.05) is 6.92 Å². The van der Waals surface area contributed by atoms with E-state index in [1.165, 1.54) is 0 Å². The monoisotopic (exact) mass is 392 g/mol. The Bertz CT molecular complexity index is 1310. The largest absolute Gasteiger partial charge is 0.458 e. The third-order valence-corrected chi connectivity index (χ3v) is 5.92. The van der Waals surface area contributed by atoms with Crippen molar-refractivity contribution < 1.29 is 24.1 Å². The fourth-order valence-electron chi connectivity index (χ4n) is 4.50. The zero-order chi connectivity index (χ0) is 19.9. The average molecular weight is 392 g/mol. The molecule has 0 spiro atoms. The van der Waals surface area contributed by atoms with E-state index in [0.717, 1.165) is 28.5 Å². The molecule has 1 aromatic carbocycles. The maximum Gasteiger partial charge on any atom is 0.340 e. The molecule has 3 aromatic rings. The highest BCUT2D eigenvalue weighted by Crippen LogP contribution is 2.42. The Balaban J connectivity index is 1.65. The summed E-state index contributed by atoms with van der Waals surface area (Å²) in [5.74, 6) is 0.593. The third-order valence-electron chi connectivity index (χ3n) is 5.92. The number of aromatic nitrogens is 2. The summed E-state index contributed by atoms with van der Waals surface area (Å²) in [6.45, 7) is 2.51. The summed E-state index contributed by atoms with van der Waals surface area (Å²) in [4.78, 5) is 29.7. The molecule has 0 bridgehead atoms. The second-order valence-corrected chi connectivity index (χ2v) is 7.36. The Morgan fingerprint density at radius 3 is 2.72 bits per heavy atom.